The Balaban J connectivity index is 1.86. The van der Waals surface area contributed by atoms with Gasteiger partial charge in [-0.2, -0.15) is 0 Å². The number of benzene rings is 1. The molecule has 1 aromatic carbocycles. The van der Waals surface area contributed by atoms with Gasteiger partial charge in [0.15, 0.2) is 0 Å². The second kappa shape index (κ2) is 5.87. The van der Waals surface area contributed by atoms with Crippen LogP contribution in [-0.2, 0) is 4.79 Å². The van der Waals surface area contributed by atoms with Gasteiger partial charge in [0.2, 0.25) is 5.91 Å². The van der Waals surface area contributed by atoms with Crippen molar-refractivity contribution in [2.45, 2.75) is 12.8 Å². The molecule has 2 rings (SSSR count). The predicted molar refractivity (Wildman–Crippen MR) is 71.8 cm³/mol. The van der Waals surface area contributed by atoms with E-state index in [0.29, 0.717) is 6.61 Å². The SMILES string of the molecule is CN(C)CCOc1cccc(NC(=O)C2CC2)c1. The van der Waals surface area contributed by atoms with Gasteiger partial charge in [-0.25, -0.2) is 0 Å². The van der Waals surface area contributed by atoms with Gasteiger partial charge < -0.3 is 15.0 Å². The lowest BCUT2D eigenvalue weighted by atomic mass is 10.3. The molecule has 0 heterocycles. The first-order valence-corrected chi connectivity index (χ1v) is 6.33. The van der Waals surface area contributed by atoms with E-state index in [0.717, 1.165) is 30.8 Å². The zero-order chi connectivity index (χ0) is 13.0. The minimum Gasteiger partial charge on any atom is -0.492 e. The van der Waals surface area contributed by atoms with E-state index in [9.17, 15) is 4.79 Å². The van der Waals surface area contributed by atoms with E-state index >= 15 is 0 Å². The quantitative estimate of drug-likeness (QED) is 0.837. The number of ether oxygens (including phenoxy) is 1. The molecule has 0 aromatic heterocycles. The lowest BCUT2D eigenvalue weighted by molar-refractivity contribution is -0.117. The highest BCUT2D eigenvalue weighted by Crippen LogP contribution is 2.30. The van der Waals surface area contributed by atoms with Gasteiger partial charge in [-0.1, -0.05) is 6.07 Å². The normalized spacial score (nSPS) is 14.6. The highest BCUT2D eigenvalue weighted by molar-refractivity contribution is 5.94. The molecule has 0 spiro atoms. The van der Waals surface area contributed by atoms with E-state index in [1.54, 1.807) is 0 Å². The van der Waals surface area contributed by atoms with Crippen LogP contribution in [0.4, 0.5) is 5.69 Å². The maximum atomic E-state index is 11.6. The number of amides is 1. The molecule has 1 aliphatic rings. The second-order valence-corrected chi connectivity index (χ2v) is 4.94. The summed E-state index contributed by atoms with van der Waals surface area (Å²) in [6, 6.07) is 7.56. The van der Waals surface area contributed by atoms with Crippen LogP contribution in [0.25, 0.3) is 0 Å². The topological polar surface area (TPSA) is 41.6 Å². The molecule has 4 nitrogen and oxygen atoms in total. The molecular weight excluding hydrogens is 228 g/mol. The molecule has 1 N–H and O–H groups in total. The number of rotatable bonds is 6. The molecule has 18 heavy (non-hydrogen) atoms. The number of nitrogens with one attached hydrogen (secondary N) is 1. The minimum atomic E-state index is 0.125. The Hall–Kier alpha value is -1.55. The molecular formula is C14H20N2O2. The first-order chi connectivity index (χ1) is 8.65. The lowest BCUT2D eigenvalue weighted by Crippen LogP contribution is -2.19. The summed E-state index contributed by atoms with van der Waals surface area (Å²) >= 11 is 0. The fourth-order valence-electron chi connectivity index (χ4n) is 1.60. The smallest absolute Gasteiger partial charge is 0.227 e. The van der Waals surface area contributed by atoms with Gasteiger partial charge in [-0.15, -0.1) is 0 Å². The fourth-order valence-corrected chi connectivity index (χ4v) is 1.60. The maximum absolute atomic E-state index is 11.6. The standard InChI is InChI=1S/C14H20N2O2/c1-16(2)8-9-18-13-5-3-4-12(10-13)15-14(17)11-6-7-11/h3-5,10-11H,6-9H2,1-2H3,(H,15,17). The fraction of sp³-hybridized carbons (Fsp3) is 0.500. The van der Waals surface area contributed by atoms with Crippen LogP contribution in [-0.4, -0.2) is 38.1 Å². The van der Waals surface area contributed by atoms with Crippen LogP contribution in [0.3, 0.4) is 0 Å². The van der Waals surface area contributed by atoms with Gasteiger partial charge >= 0.3 is 0 Å². The zero-order valence-corrected chi connectivity index (χ0v) is 11.0. The summed E-state index contributed by atoms with van der Waals surface area (Å²) in [5.41, 5.74) is 0.814. The van der Waals surface area contributed by atoms with Crippen LogP contribution < -0.4 is 10.1 Å². The molecule has 1 amide bonds. The van der Waals surface area contributed by atoms with Crippen molar-refractivity contribution < 1.29 is 9.53 Å². The third-order valence-corrected chi connectivity index (χ3v) is 2.86. The van der Waals surface area contributed by atoms with E-state index in [-0.39, 0.29) is 11.8 Å². The number of anilines is 1. The number of carbonyl (C=O) groups is 1. The highest BCUT2D eigenvalue weighted by Gasteiger charge is 2.29. The Bertz CT molecular complexity index is 414. The summed E-state index contributed by atoms with van der Waals surface area (Å²) in [7, 11) is 4.02. The van der Waals surface area contributed by atoms with Crippen molar-refractivity contribution in [1.82, 2.24) is 4.90 Å². The van der Waals surface area contributed by atoms with Crippen molar-refractivity contribution in [3.63, 3.8) is 0 Å². The van der Waals surface area contributed by atoms with Gasteiger partial charge in [-0.05, 0) is 39.1 Å². The molecule has 4 heteroatoms. The summed E-state index contributed by atoms with van der Waals surface area (Å²) in [6.07, 6.45) is 2.04. The lowest BCUT2D eigenvalue weighted by Gasteiger charge is -2.12. The van der Waals surface area contributed by atoms with E-state index in [2.05, 4.69) is 10.2 Å². The van der Waals surface area contributed by atoms with Crippen LogP contribution in [0.5, 0.6) is 5.75 Å². The molecule has 98 valence electrons. The Morgan fingerprint density at radius 2 is 2.22 bits per heavy atom. The zero-order valence-electron chi connectivity index (χ0n) is 11.0. The maximum Gasteiger partial charge on any atom is 0.227 e. The average molecular weight is 248 g/mol. The summed E-state index contributed by atoms with van der Waals surface area (Å²) in [4.78, 5) is 13.7. The van der Waals surface area contributed by atoms with Crippen molar-refractivity contribution >= 4 is 11.6 Å². The molecule has 0 radical (unpaired) electrons. The molecule has 1 fully saturated rings. The van der Waals surface area contributed by atoms with Gasteiger partial charge in [0.05, 0.1) is 0 Å². The molecule has 0 atom stereocenters. The van der Waals surface area contributed by atoms with E-state index < -0.39 is 0 Å². The molecule has 0 bridgehead atoms. The third-order valence-electron chi connectivity index (χ3n) is 2.86. The number of carbonyl (C=O) groups excluding carboxylic acids is 1. The first kappa shape index (κ1) is 12.9. The van der Waals surface area contributed by atoms with Crippen molar-refractivity contribution in [3.05, 3.63) is 24.3 Å². The molecule has 0 saturated heterocycles. The first-order valence-electron chi connectivity index (χ1n) is 6.33. The minimum absolute atomic E-state index is 0.125. The Kier molecular flexibility index (Phi) is 4.20. The van der Waals surface area contributed by atoms with Crippen molar-refractivity contribution in [2.75, 3.05) is 32.6 Å². The van der Waals surface area contributed by atoms with Crippen LogP contribution >= 0.6 is 0 Å². The van der Waals surface area contributed by atoms with E-state index in [1.807, 2.05) is 38.4 Å². The van der Waals surface area contributed by atoms with E-state index in [4.69, 9.17) is 4.74 Å². The van der Waals surface area contributed by atoms with Gasteiger partial charge in [0.25, 0.3) is 0 Å². The summed E-state index contributed by atoms with van der Waals surface area (Å²) < 4.78 is 5.62. The Morgan fingerprint density at radius 1 is 1.44 bits per heavy atom. The van der Waals surface area contributed by atoms with E-state index in [1.165, 1.54) is 0 Å². The van der Waals surface area contributed by atoms with Crippen molar-refractivity contribution in [1.29, 1.82) is 0 Å². The summed E-state index contributed by atoms with van der Waals surface area (Å²) in [5.74, 6) is 1.15. The molecule has 1 aromatic rings. The van der Waals surface area contributed by atoms with Crippen LogP contribution in [0.2, 0.25) is 0 Å². The highest BCUT2D eigenvalue weighted by atomic mass is 16.5. The summed E-state index contributed by atoms with van der Waals surface area (Å²) in [5, 5.41) is 2.91. The average Bonchev–Trinajstić information content (AvgIpc) is 3.12. The van der Waals surface area contributed by atoms with Crippen molar-refractivity contribution in [3.8, 4) is 5.75 Å². The second-order valence-electron chi connectivity index (χ2n) is 4.94. The summed E-state index contributed by atoms with van der Waals surface area (Å²) in [6.45, 7) is 1.52. The number of nitrogens with zero attached hydrogens (tertiary/aromatic N) is 1. The third kappa shape index (κ3) is 4.04. The molecule has 1 aliphatic carbocycles. The monoisotopic (exact) mass is 248 g/mol. The van der Waals surface area contributed by atoms with Crippen LogP contribution in [0, 0.1) is 5.92 Å². The predicted octanol–water partition coefficient (Wildman–Crippen LogP) is 1.98. The molecule has 0 unspecified atom stereocenters. The van der Waals surface area contributed by atoms with Crippen LogP contribution in [0.15, 0.2) is 24.3 Å². The molecule has 0 aliphatic heterocycles. The Morgan fingerprint density at radius 3 is 2.89 bits per heavy atom. The largest absolute Gasteiger partial charge is 0.492 e. The molecule has 1 saturated carbocycles. The van der Waals surface area contributed by atoms with Crippen LogP contribution in [0.1, 0.15) is 12.8 Å². The number of hydrogen-bond donors (Lipinski definition) is 1. The number of hydrogen-bond acceptors (Lipinski definition) is 3. The van der Waals surface area contributed by atoms with Crippen molar-refractivity contribution in [2.24, 2.45) is 5.92 Å². The van der Waals surface area contributed by atoms with Gasteiger partial charge in [0.1, 0.15) is 12.4 Å². The Labute approximate surface area is 108 Å². The van der Waals surface area contributed by atoms with Gasteiger partial charge in [-0.3, -0.25) is 4.79 Å². The van der Waals surface area contributed by atoms with Gasteiger partial charge in [0, 0.05) is 24.2 Å². The number of likely N-dealkylation sites (N-methyl/N-ethyl adjacent to an activating group) is 1.